The Hall–Kier alpha value is -1.22. The van der Waals surface area contributed by atoms with Gasteiger partial charge in [0.15, 0.2) is 11.5 Å². The van der Waals surface area contributed by atoms with Gasteiger partial charge in [0, 0.05) is 6.04 Å². The highest BCUT2D eigenvalue weighted by molar-refractivity contribution is 5.46. The van der Waals surface area contributed by atoms with E-state index in [-0.39, 0.29) is 0 Å². The first-order valence-electron chi connectivity index (χ1n) is 7.76. The van der Waals surface area contributed by atoms with Crippen LogP contribution in [0.25, 0.3) is 0 Å². The van der Waals surface area contributed by atoms with Gasteiger partial charge in [-0.25, -0.2) is 0 Å². The molecule has 2 atom stereocenters. The predicted molar refractivity (Wildman–Crippen MR) is 80.7 cm³/mol. The van der Waals surface area contributed by atoms with Crippen molar-refractivity contribution in [3.8, 4) is 11.5 Å². The van der Waals surface area contributed by atoms with Gasteiger partial charge in [-0.2, -0.15) is 0 Å². The lowest BCUT2D eigenvalue weighted by Gasteiger charge is -2.53. The van der Waals surface area contributed by atoms with E-state index in [4.69, 9.17) is 9.47 Å². The van der Waals surface area contributed by atoms with Crippen molar-refractivity contribution in [2.45, 2.75) is 45.6 Å². The van der Waals surface area contributed by atoms with Gasteiger partial charge in [0.25, 0.3) is 0 Å². The van der Waals surface area contributed by atoms with Crippen molar-refractivity contribution in [1.82, 2.24) is 5.32 Å². The summed E-state index contributed by atoms with van der Waals surface area (Å²) in [5.74, 6) is 2.40. The number of fused-ring (bicyclic) bond motifs is 1. The van der Waals surface area contributed by atoms with E-state index in [1.165, 1.54) is 18.4 Å². The quantitative estimate of drug-likeness (QED) is 0.914. The zero-order valence-electron chi connectivity index (χ0n) is 12.7. The van der Waals surface area contributed by atoms with Gasteiger partial charge in [0.2, 0.25) is 0 Å². The number of benzene rings is 1. The van der Waals surface area contributed by atoms with E-state index >= 15 is 0 Å². The van der Waals surface area contributed by atoms with Crippen LogP contribution in [0.15, 0.2) is 18.2 Å². The summed E-state index contributed by atoms with van der Waals surface area (Å²) in [4.78, 5) is 0. The smallest absolute Gasteiger partial charge is 0.161 e. The van der Waals surface area contributed by atoms with E-state index in [2.05, 4.69) is 44.3 Å². The Morgan fingerprint density at radius 2 is 1.95 bits per heavy atom. The van der Waals surface area contributed by atoms with E-state index in [1.807, 2.05) is 0 Å². The maximum Gasteiger partial charge on any atom is 0.161 e. The number of hydrogen-bond donors (Lipinski definition) is 1. The molecule has 3 rings (SSSR count). The van der Waals surface area contributed by atoms with Crippen LogP contribution in [-0.4, -0.2) is 25.8 Å². The molecule has 0 bridgehead atoms. The van der Waals surface area contributed by atoms with Gasteiger partial charge in [0.05, 0.1) is 0 Å². The molecule has 0 spiro atoms. The molecule has 20 heavy (non-hydrogen) atoms. The normalized spacial score (nSPS) is 26.9. The predicted octanol–water partition coefficient (Wildman–Crippen LogP) is 3.34. The van der Waals surface area contributed by atoms with Crippen molar-refractivity contribution in [2.24, 2.45) is 5.41 Å². The summed E-state index contributed by atoms with van der Waals surface area (Å²) in [6.07, 6.45) is 2.41. The van der Waals surface area contributed by atoms with Gasteiger partial charge in [-0.3, -0.25) is 0 Å². The zero-order valence-corrected chi connectivity index (χ0v) is 12.7. The molecule has 1 heterocycles. The first-order chi connectivity index (χ1) is 9.63. The Morgan fingerprint density at radius 1 is 1.20 bits per heavy atom. The van der Waals surface area contributed by atoms with Crippen LogP contribution in [0, 0.1) is 5.41 Å². The lowest BCUT2D eigenvalue weighted by atomic mass is 9.56. The summed E-state index contributed by atoms with van der Waals surface area (Å²) >= 11 is 0. The van der Waals surface area contributed by atoms with Gasteiger partial charge >= 0.3 is 0 Å². The van der Waals surface area contributed by atoms with Gasteiger partial charge in [-0.15, -0.1) is 0 Å². The van der Waals surface area contributed by atoms with Crippen LogP contribution in [0.4, 0.5) is 0 Å². The lowest BCUT2D eigenvalue weighted by molar-refractivity contribution is 0.0690. The van der Waals surface area contributed by atoms with E-state index < -0.39 is 0 Å². The zero-order chi connectivity index (χ0) is 14.2. The Labute approximate surface area is 121 Å². The first-order valence-corrected chi connectivity index (χ1v) is 7.76. The van der Waals surface area contributed by atoms with E-state index in [0.29, 0.717) is 30.6 Å². The third kappa shape index (κ3) is 2.28. The Bertz CT molecular complexity index is 484. The SMILES string of the molecule is CCCNC1CC(c2ccc3c(c2)OCCO3)C1(C)C. The third-order valence-corrected chi connectivity index (χ3v) is 4.88. The fraction of sp³-hybridized carbons (Fsp3) is 0.647. The summed E-state index contributed by atoms with van der Waals surface area (Å²) in [7, 11) is 0. The molecule has 1 aromatic rings. The maximum absolute atomic E-state index is 5.70. The third-order valence-electron chi connectivity index (χ3n) is 4.88. The van der Waals surface area contributed by atoms with Crippen LogP contribution in [0.1, 0.15) is 45.1 Å². The average Bonchev–Trinajstić information content (AvgIpc) is 2.46. The van der Waals surface area contributed by atoms with E-state index in [0.717, 1.165) is 18.0 Å². The van der Waals surface area contributed by atoms with Crippen LogP contribution in [0.3, 0.4) is 0 Å². The minimum absolute atomic E-state index is 0.304. The number of ether oxygens (including phenoxy) is 2. The second kappa shape index (κ2) is 5.28. The fourth-order valence-electron chi connectivity index (χ4n) is 3.43. The molecule has 1 saturated carbocycles. The number of rotatable bonds is 4. The molecule has 3 nitrogen and oxygen atoms in total. The molecule has 3 heteroatoms. The largest absolute Gasteiger partial charge is 0.486 e. The van der Waals surface area contributed by atoms with Crippen molar-refractivity contribution >= 4 is 0 Å². The van der Waals surface area contributed by atoms with Crippen molar-refractivity contribution in [3.63, 3.8) is 0 Å². The average molecular weight is 275 g/mol. The fourth-order valence-corrected chi connectivity index (χ4v) is 3.43. The van der Waals surface area contributed by atoms with Crippen molar-refractivity contribution in [2.75, 3.05) is 19.8 Å². The van der Waals surface area contributed by atoms with Crippen molar-refractivity contribution in [3.05, 3.63) is 23.8 Å². The van der Waals surface area contributed by atoms with Gasteiger partial charge in [-0.1, -0.05) is 26.8 Å². The summed E-state index contributed by atoms with van der Waals surface area (Å²) in [5, 5.41) is 3.67. The molecule has 1 fully saturated rings. The van der Waals surface area contributed by atoms with E-state index in [9.17, 15) is 0 Å². The van der Waals surface area contributed by atoms with Gasteiger partial charge in [-0.05, 0) is 48.4 Å². The van der Waals surface area contributed by atoms with Gasteiger partial charge < -0.3 is 14.8 Å². The molecule has 0 saturated heterocycles. The monoisotopic (exact) mass is 275 g/mol. The van der Waals surface area contributed by atoms with E-state index in [1.54, 1.807) is 0 Å². The minimum atomic E-state index is 0.304. The van der Waals surface area contributed by atoms with Gasteiger partial charge in [0.1, 0.15) is 13.2 Å². The standard InChI is InChI=1S/C17H25NO2/c1-4-7-18-16-11-13(17(16,2)3)12-5-6-14-15(10-12)20-9-8-19-14/h5-6,10,13,16,18H,4,7-9,11H2,1-3H3. The summed E-state index contributed by atoms with van der Waals surface area (Å²) in [5.41, 5.74) is 1.69. The van der Waals surface area contributed by atoms with Crippen LogP contribution >= 0.6 is 0 Å². The Morgan fingerprint density at radius 3 is 2.65 bits per heavy atom. The molecule has 2 aliphatic rings. The number of hydrogen-bond acceptors (Lipinski definition) is 3. The molecule has 1 aliphatic heterocycles. The highest BCUT2D eigenvalue weighted by atomic mass is 16.6. The summed E-state index contributed by atoms with van der Waals surface area (Å²) < 4.78 is 11.3. The summed E-state index contributed by atoms with van der Waals surface area (Å²) in [6, 6.07) is 7.07. The second-order valence-electron chi connectivity index (χ2n) is 6.52. The molecule has 110 valence electrons. The maximum atomic E-state index is 5.70. The molecular weight excluding hydrogens is 250 g/mol. The molecule has 1 aromatic carbocycles. The molecule has 1 aliphatic carbocycles. The molecule has 0 aromatic heterocycles. The molecule has 1 N–H and O–H groups in total. The van der Waals surface area contributed by atoms with Crippen molar-refractivity contribution in [1.29, 1.82) is 0 Å². The molecule has 2 unspecified atom stereocenters. The highest BCUT2D eigenvalue weighted by Gasteiger charge is 2.48. The number of nitrogens with one attached hydrogen (secondary N) is 1. The molecule has 0 amide bonds. The molecule has 0 radical (unpaired) electrons. The Kier molecular flexibility index (Phi) is 3.63. The van der Waals surface area contributed by atoms with Crippen LogP contribution < -0.4 is 14.8 Å². The molecular formula is C17H25NO2. The van der Waals surface area contributed by atoms with Crippen LogP contribution in [0.5, 0.6) is 11.5 Å². The van der Waals surface area contributed by atoms with Crippen molar-refractivity contribution < 1.29 is 9.47 Å². The lowest BCUT2D eigenvalue weighted by Crippen LogP contribution is -2.55. The van der Waals surface area contributed by atoms with Crippen LogP contribution in [0.2, 0.25) is 0 Å². The first kappa shape index (κ1) is 13.7. The highest BCUT2D eigenvalue weighted by Crippen LogP contribution is 2.53. The topological polar surface area (TPSA) is 30.5 Å². The minimum Gasteiger partial charge on any atom is -0.486 e. The Balaban J connectivity index is 1.74. The second-order valence-corrected chi connectivity index (χ2v) is 6.52. The van der Waals surface area contributed by atoms with Crippen LogP contribution in [-0.2, 0) is 0 Å². The summed E-state index contributed by atoms with van der Waals surface area (Å²) in [6.45, 7) is 9.38.